The van der Waals surface area contributed by atoms with Crippen molar-refractivity contribution in [2.45, 2.75) is 39.3 Å². The van der Waals surface area contributed by atoms with Crippen LogP contribution in [0.4, 0.5) is 5.13 Å². The van der Waals surface area contributed by atoms with Crippen LogP contribution in [0.1, 0.15) is 42.1 Å². The number of fused-ring (bicyclic) bond motifs is 2. The van der Waals surface area contributed by atoms with Crippen LogP contribution in [0, 0.1) is 6.92 Å². The van der Waals surface area contributed by atoms with Crippen LogP contribution < -0.4 is 19.1 Å². The number of aliphatic hydroxyl groups excluding tert-OH is 1. The number of hydrogen-bond acceptors (Lipinski definition) is 8. The van der Waals surface area contributed by atoms with Gasteiger partial charge in [-0.25, -0.2) is 4.98 Å². The van der Waals surface area contributed by atoms with Gasteiger partial charge < -0.3 is 19.3 Å². The van der Waals surface area contributed by atoms with Gasteiger partial charge in [-0.05, 0) is 79.9 Å². The average molecular weight is 557 g/mol. The van der Waals surface area contributed by atoms with Gasteiger partial charge in [-0.1, -0.05) is 23.5 Å². The average Bonchev–Trinajstić information content (AvgIpc) is 3.60. The first kappa shape index (κ1) is 25.9. The number of nitrogens with zero attached hydrogens (tertiary/aromatic N) is 2. The Kier molecular flexibility index (Phi) is 6.46. The number of carbonyl (C=O) groups excluding carboxylic acids is 2. The molecule has 0 bridgehead atoms. The summed E-state index contributed by atoms with van der Waals surface area (Å²) in [6.45, 7) is 6.28. The standard InChI is InChI=1S/C31H28N2O6S/c1-5-38-23-11-7-18(15-24(23)37-4)27-26(28(34)19-8-10-22-20(14-19)13-17(3)39-22)29(35)30(36)33(27)31-32-21-9-6-16(2)12-25(21)40-31/h6-12,14-15,17,27,34H,5,13H2,1-4H3/t17-,27+/m0/s1. The van der Waals surface area contributed by atoms with Crippen molar-refractivity contribution in [3.8, 4) is 17.2 Å². The number of aryl methyl sites for hydroxylation is 1. The number of anilines is 1. The second kappa shape index (κ2) is 9.98. The number of benzene rings is 3. The van der Waals surface area contributed by atoms with Gasteiger partial charge in [0.1, 0.15) is 17.6 Å². The van der Waals surface area contributed by atoms with Crippen molar-refractivity contribution < 1.29 is 28.9 Å². The van der Waals surface area contributed by atoms with Crippen LogP contribution in [0.2, 0.25) is 0 Å². The second-order valence-corrected chi connectivity index (χ2v) is 10.9. The molecule has 0 saturated carbocycles. The molecular formula is C31H28N2O6S. The minimum absolute atomic E-state index is 0.0152. The first-order valence-electron chi connectivity index (χ1n) is 13.1. The molecule has 1 N–H and O–H groups in total. The monoisotopic (exact) mass is 556 g/mol. The number of Topliss-reactive ketones (excluding diaryl/α,β-unsaturated/α-hetero) is 1. The van der Waals surface area contributed by atoms with Crippen LogP contribution in [0.25, 0.3) is 16.0 Å². The van der Waals surface area contributed by atoms with Crippen LogP contribution in [0.15, 0.2) is 60.2 Å². The number of thiazole rings is 1. The van der Waals surface area contributed by atoms with Crippen LogP contribution >= 0.6 is 11.3 Å². The Morgan fingerprint density at radius 3 is 2.73 bits per heavy atom. The Hall–Kier alpha value is -4.37. The van der Waals surface area contributed by atoms with E-state index in [2.05, 4.69) is 0 Å². The lowest BCUT2D eigenvalue weighted by atomic mass is 9.94. The molecule has 2 aliphatic rings. The van der Waals surface area contributed by atoms with E-state index in [4.69, 9.17) is 19.2 Å². The molecule has 9 heteroatoms. The summed E-state index contributed by atoms with van der Waals surface area (Å²) in [7, 11) is 1.53. The third kappa shape index (κ3) is 4.26. The summed E-state index contributed by atoms with van der Waals surface area (Å²) in [6.07, 6.45) is 0.715. The number of amides is 1. The molecule has 2 atom stereocenters. The molecule has 8 nitrogen and oxygen atoms in total. The Bertz CT molecular complexity index is 1710. The van der Waals surface area contributed by atoms with E-state index in [-0.39, 0.29) is 17.4 Å². The molecule has 3 aromatic carbocycles. The van der Waals surface area contributed by atoms with Crippen LogP contribution in [0.5, 0.6) is 17.2 Å². The zero-order valence-corrected chi connectivity index (χ0v) is 23.4. The molecule has 0 unspecified atom stereocenters. The van der Waals surface area contributed by atoms with Crippen molar-refractivity contribution in [1.82, 2.24) is 4.98 Å². The number of ketones is 1. The zero-order valence-electron chi connectivity index (χ0n) is 22.6. The van der Waals surface area contributed by atoms with Gasteiger partial charge in [0.15, 0.2) is 16.6 Å². The minimum atomic E-state index is -0.935. The Balaban J connectivity index is 1.55. The van der Waals surface area contributed by atoms with E-state index in [0.29, 0.717) is 40.8 Å². The smallest absolute Gasteiger partial charge is 0.301 e. The van der Waals surface area contributed by atoms with Gasteiger partial charge in [0.2, 0.25) is 0 Å². The lowest BCUT2D eigenvalue weighted by Gasteiger charge is -2.24. The Morgan fingerprint density at radius 2 is 1.95 bits per heavy atom. The van der Waals surface area contributed by atoms with Crippen molar-refractivity contribution in [3.63, 3.8) is 0 Å². The van der Waals surface area contributed by atoms with Gasteiger partial charge in [0.05, 0.1) is 35.5 Å². The first-order valence-corrected chi connectivity index (χ1v) is 13.9. The molecule has 2 aliphatic heterocycles. The number of aliphatic hydroxyl groups is 1. The molecule has 4 aromatic rings. The summed E-state index contributed by atoms with van der Waals surface area (Å²) >= 11 is 1.33. The van der Waals surface area contributed by atoms with Crippen LogP contribution in [-0.2, 0) is 16.0 Å². The molecule has 0 aliphatic carbocycles. The highest BCUT2D eigenvalue weighted by molar-refractivity contribution is 7.22. The fraction of sp³-hybridized carbons (Fsp3) is 0.258. The number of rotatable bonds is 6. The molecule has 1 amide bonds. The number of methoxy groups -OCH3 is 1. The zero-order chi connectivity index (χ0) is 28.1. The summed E-state index contributed by atoms with van der Waals surface area (Å²) in [5.74, 6) is -0.0493. The van der Waals surface area contributed by atoms with Crippen molar-refractivity contribution in [2.24, 2.45) is 0 Å². The lowest BCUT2D eigenvalue weighted by molar-refractivity contribution is -0.132. The molecule has 40 heavy (non-hydrogen) atoms. The second-order valence-electron chi connectivity index (χ2n) is 9.94. The van der Waals surface area contributed by atoms with E-state index in [1.54, 1.807) is 30.3 Å². The molecule has 0 spiro atoms. The third-order valence-electron chi connectivity index (χ3n) is 7.16. The quantitative estimate of drug-likeness (QED) is 0.178. The maximum Gasteiger partial charge on any atom is 0.301 e. The van der Waals surface area contributed by atoms with E-state index in [0.717, 1.165) is 27.1 Å². The van der Waals surface area contributed by atoms with Gasteiger partial charge in [0.25, 0.3) is 5.78 Å². The van der Waals surface area contributed by atoms with Gasteiger partial charge in [-0.15, -0.1) is 0 Å². The summed E-state index contributed by atoms with van der Waals surface area (Å²) in [5.41, 5.74) is 3.73. The maximum absolute atomic E-state index is 13.7. The van der Waals surface area contributed by atoms with Crippen molar-refractivity contribution in [3.05, 3.63) is 82.4 Å². The highest BCUT2D eigenvalue weighted by Crippen LogP contribution is 2.46. The number of carbonyl (C=O) groups is 2. The van der Waals surface area contributed by atoms with Gasteiger partial charge in [0, 0.05) is 12.0 Å². The van der Waals surface area contributed by atoms with E-state index in [1.165, 1.54) is 23.3 Å². The molecule has 204 valence electrons. The van der Waals surface area contributed by atoms with E-state index in [9.17, 15) is 14.7 Å². The van der Waals surface area contributed by atoms with Gasteiger partial charge in [-0.2, -0.15) is 0 Å². The Labute approximate surface area is 235 Å². The first-order chi connectivity index (χ1) is 19.3. The SMILES string of the molecule is CCOc1ccc([C@@H]2C(=C(O)c3ccc4c(c3)C[C@H](C)O4)C(=O)C(=O)N2c2nc3ccc(C)cc3s2)cc1OC. The number of hydrogen-bond donors (Lipinski definition) is 1. The number of ether oxygens (including phenoxy) is 3. The normalized spacial score (nSPS) is 19.6. The van der Waals surface area contributed by atoms with Gasteiger partial charge in [-0.3, -0.25) is 14.5 Å². The minimum Gasteiger partial charge on any atom is -0.507 e. The predicted molar refractivity (Wildman–Crippen MR) is 154 cm³/mol. The van der Waals surface area contributed by atoms with Crippen LogP contribution in [-0.4, -0.2) is 41.6 Å². The molecule has 0 radical (unpaired) electrons. The van der Waals surface area contributed by atoms with Crippen molar-refractivity contribution in [2.75, 3.05) is 18.6 Å². The largest absolute Gasteiger partial charge is 0.507 e. The lowest BCUT2D eigenvalue weighted by Crippen LogP contribution is -2.29. The molecule has 1 aromatic heterocycles. The fourth-order valence-electron chi connectivity index (χ4n) is 5.32. The third-order valence-corrected chi connectivity index (χ3v) is 8.17. The highest BCUT2D eigenvalue weighted by atomic mass is 32.1. The topological polar surface area (TPSA) is 98.2 Å². The van der Waals surface area contributed by atoms with Gasteiger partial charge >= 0.3 is 5.91 Å². The molecular weight excluding hydrogens is 528 g/mol. The van der Waals surface area contributed by atoms with E-state index < -0.39 is 17.7 Å². The highest BCUT2D eigenvalue weighted by Gasteiger charge is 2.48. The maximum atomic E-state index is 13.7. The van der Waals surface area contributed by atoms with E-state index >= 15 is 0 Å². The molecule has 1 fully saturated rings. The molecule has 6 rings (SSSR count). The molecule has 1 saturated heterocycles. The summed E-state index contributed by atoms with van der Waals surface area (Å²) in [5, 5.41) is 12.0. The van der Waals surface area contributed by atoms with Crippen molar-refractivity contribution >= 4 is 44.1 Å². The van der Waals surface area contributed by atoms with E-state index in [1.807, 2.05) is 45.0 Å². The summed E-state index contributed by atoms with van der Waals surface area (Å²) in [4.78, 5) is 33.4. The fourth-order valence-corrected chi connectivity index (χ4v) is 6.41. The van der Waals surface area contributed by atoms with Crippen LogP contribution in [0.3, 0.4) is 0 Å². The number of aromatic nitrogens is 1. The predicted octanol–water partition coefficient (Wildman–Crippen LogP) is 5.96. The summed E-state index contributed by atoms with van der Waals surface area (Å²) in [6, 6.07) is 15.5. The summed E-state index contributed by atoms with van der Waals surface area (Å²) < 4.78 is 18.0. The molecule has 3 heterocycles. The van der Waals surface area contributed by atoms with Crippen molar-refractivity contribution in [1.29, 1.82) is 0 Å². The Morgan fingerprint density at radius 1 is 1.12 bits per heavy atom.